The molecule has 0 aliphatic heterocycles. The molecule has 2 nitrogen and oxygen atoms in total. The van der Waals surface area contributed by atoms with Gasteiger partial charge in [0, 0.05) is 18.6 Å². The van der Waals surface area contributed by atoms with Gasteiger partial charge in [0.1, 0.15) is 0 Å². The van der Waals surface area contributed by atoms with Gasteiger partial charge in [-0.25, -0.2) is 0 Å². The fourth-order valence-corrected chi connectivity index (χ4v) is 3.24. The molecule has 1 aromatic rings. The second-order valence-corrected chi connectivity index (χ2v) is 6.60. The van der Waals surface area contributed by atoms with Crippen molar-refractivity contribution >= 4 is 0 Å². The molecule has 0 bridgehead atoms. The highest BCUT2D eigenvalue weighted by Gasteiger charge is 2.21. The molecule has 2 atom stereocenters. The maximum atomic E-state index is 3.76. The van der Waals surface area contributed by atoms with Crippen LogP contribution in [0.5, 0.6) is 0 Å². The Hall–Kier alpha value is -0.860. The molecule has 21 heavy (non-hydrogen) atoms. The zero-order chi connectivity index (χ0) is 16.0. The number of aryl methyl sites for hydroxylation is 2. The first-order valence-corrected chi connectivity index (χ1v) is 8.37. The Balaban J connectivity index is 2.73. The Morgan fingerprint density at radius 2 is 1.71 bits per heavy atom. The molecular weight excluding hydrogens is 256 g/mol. The molecule has 120 valence electrons. The number of rotatable bonds is 8. The molecule has 1 N–H and O–H groups in total. The van der Waals surface area contributed by atoms with Crippen molar-refractivity contribution in [1.29, 1.82) is 0 Å². The van der Waals surface area contributed by atoms with Crippen LogP contribution in [0.15, 0.2) is 18.2 Å². The minimum absolute atomic E-state index is 0.404. The molecule has 0 radical (unpaired) electrons. The first-order valence-electron chi connectivity index (χ1n) is 8.37. The van der Waals surface area contributed by atoms with Crippen molar-refractivity contribution < 1.29 is 0 Å². The van der Waals surface area contributed by atoms with E-state index in [4.69, 9.17) is 0 Å². The summed E-state index contributed by atoms with van der Waals surface area (Å²) in [6, 6.07) is 7.75. The maximum absolute atomic E-state index is 3.76. The van der Waals surface area contributed by atoms with Gasteiger partial charge in [-0.1, -0.05) is 50.5 Å². The maximum Gasteiger partial charge on any atom is 0.0295 e. The summed E-state index contributed by atoms with van der Waals surface area (Å²) >= 11 is 0. The van der Waals surface area contributed by atoms with Gasteiger partial charge >= 0.3 is 0 Å². The zero-order valence-corrected chi connectivity index (χ0v) is 15.0. The SMILES string of the molecule is CCC(CC)C(CNC(C)c1cc(C)ccc1C)N(C)C. The van der Waals surface area contributed by atoms with E-state index in [9.17, 15) is 0 Å². The minimum atomic E-state index is 0.404. The highest BCUT2D eigenvalue weighted by atomic mass is 15.1. The molecule has 1 rings (SSSR count). The average molecular weight is 290 g/mol. The van der Waals surface area contributed by atoms with Gasteiger partial charge in [-0.05, 0) is 51.9 Å². The lowest BCUT2D eigenvalue weighted by atomic mass is 9.92. The molecule has 2 heteroatoms. The number of hydrogen-bond donors (Lipinski definition) is 1. The topological polar surface area (TPSA) is 15.3 Å². The molecule has 1 aromatic carbocycles. The van der Waals surface area contributed by atoms with Gasteiger partial charge in [-0.15, -0.1) is 0 Å². The van der Waals surface area contributed by atoms with Crippen LogP contribution in [0.25, 0.3) is 0 Å². The molecule has 0 saturated carbocycles. The normalized spacial score (nSPS) is 14.7. The Morgan fingerprint density at radius 3 is 2.24 bits per heavy atom. The molecule has 0 spiro atoms. The van der Waals surface area contributed by atoms with E-state index in [1.807, 2.05) is 0 Å². The van der Waals surface area contributed by atoms with Gasteiger partial charge in [-0.2, -0.15) is 0 Å². The summed E-state index contributed by atoms with van der Waals surface area (Å²) in [5, 5.41) is 3.76. The van der Waals surface area contributed by atoms with Gasteiger partial charge in [0.05, 0.1) is 0 Å². The Morgan fingerprint density at radius 1 is 1.10 bits per heavy atom. The average Bonchev–Trinajstić information content (AvgIpc) is 2.45. The highest BCUT2D eigenvalue weighted by molar-refractivity contribution is 5.32. The summed E-state index contributed by atoms with van der Waals surface area (Å²) in [7, 11) is 4.40. The summed E-state index contributed by atoms with van der Waals surface area (Å²) < 4.78 is 0. The minimum Gasteiger partial charge on any atom is -0.309 e. The Labute approximate surface area is 131 Å². The number of hydrogen-bond acceptors (Lipinski definition) is 2. The van der Waals surface area contributed by atoms with Gasteiger partial charge in [-0.3, -0.25) is 0 Å². The van der Waals surface area contributed by atoms with E-state index in [0.29, 0.717) is 12.1 Å². The summed E-state index contributed by atoms with van der Waals surface area (Å²) in [5.74, 6) is 0.762. The van der Waals surface area contributed by atoms with Crippen LogP contribution in [-0.2, 0) is 0 Å². The summed E-state index contributed by atoms with van der Waals surface area (Å²) in [6.45, 7) is 12.3. The van der Waals surface area contributed by atoms with Crippen LogP contribution in [-0.4, -0.2) is 31.6 Å². The van der Waals surface area contributed by atoms with E-state index in [1.54, 1.807) is 0 Å². The smallest absolute Gasteiger partial charge is 0.0295 e. The van der Waals surface area contributed by atoms with E-state index < -0.39 is 0 Å². The third-order valence-corrected chi connectivity index (χ3v) is 4.79. The third kappa shape index (κ3) is 5.12. The highest BCUT2D eigenvalue weighted by Crippen LogP contribution is 2.21. The lowest BCUT2D eigenvalue weighted by Gasteiger charge is -2.33. The first-order chi connectivity index (χ1) is 9.90. The van der Waals surface area contributed by atoms with Crippen LogP contribution in [0.3, 0.4) is 0 Å². The number of nitrogens with one attached hydrogen (secondary N) is 1. The van der Waals surface area contributed by atoms with Crippen LogP contribution in [0, 0.1) is 19.8 Å². The van der Waals surface area contributed by atoms with Crippen LogP contribution in [0.1, 0.15) is 56.3 Å². The van der Waals surface area contributed by atoms with Crippen molar-refractivity contribution in [1.82, 2.24) is 10.2 Å². The van der Waals surface area contributed by atoms with E-state index in [2.05, 4.69) is 77.1 Å². The predicted octanol–water partition coefficient (Wildman–Crippen LogP) is 4.32. The first kappa shape index (κ1) is 18.2. The molecule has 2 unspecified atom stereocenters. The standard InChI is InChI=1S/C19H34N2/c1-8-17(9-2)19(21(6)7)13-20-16(5)18-12-14(3)10-11-15(18)4/h10-12,16-17,19-20H,8-9,13H2,1-7H3. The summed E-state index contributed by atoms with van der Waals surface area (Å²) in [5.41, 5.74) is 4.15. The van der Waals surface area contributed by atoms with Crippen LogP contribution in [0.2, 0.25) is 0 Å². The molecule has 0 aromatic heterocycles. The summed E-state index contributed by atoms with van der Waals surface area (Å²) in [6.07, 6.45) is 2.50. The Kier molecular flexibility index (Phi) is 7.41. The lowest BCUT2D eigenvalue weighted by molar-refractivity contribution is 0.190. The molecule has 0 fully saturated rings. The van der Waals surface area contributed by atoms with E-state index in [0.717, 1.165) is 12.5 Å². The zero-order valence-electron chi connectivity index (χ0n) is 15.0. The van der Waals surface area contributed by atoms with Crippen molar-refractivity contribution in [2.45, 2.75) is 59.5 Å². The van der Waals surface area contributed by atoms with Crippen molar-refractivity contribution in [2.24, 2.45) is 5.92 Å². The van der Waals surface area contributed by atoms with Crippen LogP contribution < -0.4 is 5.32 Å². The van der Waals surface area contributed by atoms with E-state index >= 15 is 0 Å². The molecule has 0 aliphatic carbocycles. The quantitative estimate of drug-likeness (QED) is 0.767. The van der Waals surface area contributed by atoms with Gasteiger partial charge in [0.25, 0.3) is 0 Å². The fourth-order valence-electron chi connectivity index (χ4n) is 3.24. The molecule has 0 aliphatic rings. The van der Waals surface area contributed by atoms with Crippen LogP contribution in [0.4, 0.5) is 0 Å². The largest absolute Gasteiger partial charge is 0.309 e. The number of nitrogens with zero attached hydrogens (tertiary/aromatic N) is 1. The third-order valence-electron chi connectivity index (χ3n) is 4.79. The molecule has 0 heterocycles. The van der Waals surface area contributed by atoms with Crippen molar-refractivity contribution in [3.05, 3.63) is 34.9 Å². The van der Waals surface area contributed by atoms with Gasteiger partial charge in [0.15, 0.2) is 0 Å². The predicted molar refractivity (Wildman–Crippen MR) is 93.9 cm³/mol. The van der Waals surface area contributed by atoms with E-state index in [-0.39, 0.29) is 0 Å². The second-order valence-electron chi connectivity index (χ2n) is 6.60. The van der Waals surface area contributed by atoms with Crippen molar-refractivity contribution in [3.63, 3.8) is 0 Å². The van der Waals surface area contributed by atoms with Crippen molar-refractivity contribution in [2.75, 3.05) is 20.6 Å². The monoisotopic (exact) mass is 290 g/mol. The van der Waals surface area contributed by atoms with Crippen molar-refractivity contribution in [3.8, 4) is 0 Å². The molecule has 0 saturated heterocycles. The van der Waals surface area contributed by atoms with E-state index in [1.165, 1.54) is 29.5 Å². The second kappa shape index (κ2) is 8.55. The fraction of sp³-hybridized carbons (Fsp3) is 0.684. The Bertz CT molecular complexity index is 422. The number of likely N-dealkylation sites (N-methyl/N-ethyl adjacent to an activating group) is 1. The van der Waals surface area contributed by atoms with Gasteiger partial charge in [0.2, 0.25) is 0 Å². The van der Waals surface area contributed by atoms with Gasteiger partial charge < -0.3 is 10.2 Å². The lowest BCUT2D eigenvalue weighted by Crippen LogP contribution is -2.43. The van der Waals surface area contributed by atoms with Crippen LogP contribution >= 0.6 is 0 Å². The molecule has 0 amide bonds. The number of benzene rings is 1. The summed E-state index contributed by atoms with van der Waals surface area (Å²) in [4.78, 5) is 2.38. The molecular formula is C19H34N2.